The lowest BCUT2D eigenvalue weighted by Crippen LogP contribution is -2.26. The SMILES string of the molecule is CCCNS(=O)(=O)c1ccc(CCC(=O)NCCSc2n[nH]c(C)n2)cc1. The van der Waals surface area contributed by atoms with E-state index in [2.05, 4.69) is 25.2 Å². The van der Waals surface area contributed by atoms with Crippen molar-refractivity contribution in [2.75, 3.05) is 18.8 Å². The van der Waals surface area contributed by atoms with Crippen LogP contribution in [0.15, 0.2) is 34.3 Å². The maximum absolute atomic E-state index is 12.0. The van der Waals surface area contributed by atoms with E-state index in [1.165, 1.54) is 11.8 Å². The van der Waals surface area contributed by atoms with Crippen molar-refractivity contribution < 1.29 is 13.2 Å². The van der Waals surface area contributed by atoms with E-state index in [9.17, 15) is 13.2 Å². The van der Waals surface area contributed by atoms with Gasteiger partial charge in [-0.1, -0.05) is 30.8 Å². The quantitative estimate of drug-likeness (QED) is 0.382. The Morgan fingerprint density at radius 1 is 1.22 bits per heavy atom. The molecule has 0 fully saturated rings. The lowest BCUT2D eigenvalue weighted by Gasteiger charge is -2.07. The third kappa shape index (κ3) is 7.31. The van der Waals surface area contributed by atoms with Crippen LogP contribution in [-0.2, 0) is 21.2 Å². The van der Waals surface area contributed by atoms with Crippen molar-refractivity contribution in [3.05, 3.63) is 35.7 Å². The second-order valence-corrected chi connectivity index (χ2v) is 8.77. The highest BCUT2D eigenvalue weighted by Gasteiger charge is 2.12. The van der Waals surface area contributed by atoms with Crippen LogP contribution >= 0.6 is 11.8 Å². The van der Waals surface area contributed by atoms with E-state index < -0.39 is 10.0 Å². The number of hydrogen-bond donors (Lipinski definition) is 3. The number of aromatic amines is 1. The predicted molar refractivity (Wildman–Crippen MR) is 105 cm³/mol. The third-order valence-corrected chi connectivity index (χ3v) is 5.97. The van der Waals surface area contributed by atoms with Gasteiger partial charge in [0.25, 0.3) is 0 Å². The number of hydrogen-bond acceptors (Lipinski definition) is 6. The summed E-state index contributed by atoms with van der Waals surface area (Å²) < 4.78 is 26.6. The van der Waals surface area contributed by atoms with Crippen molar-refractivity contribution in [2.24, 2.45) is 0 Å². The minimum Gasteiger partial charge on any atom is -0.355 e. The summed E-state index contributed by atoms with van der Waals surface area (Å²) >= 11 is 1.48. The minimum absolute atomic E-state index is 0.0388. The van der Waals surface area contributed by atoms with E-state index in [0.717, 1.165) is 17.8 Å². The van der Waals surface area contributed by atoms with Crippen molar-refractivity contribution in [1.82, 2.24) is 25.2 Å². The molecule has 0 aliphatic carbocycles. The van der Waals surface area contributed by atoms with Crippen LogP contribution in [0, 0.1) is 6.92 Å². The average Bonchev–Trinajstić information content (AvgIpc) is 3.07. The molecule has 3 N–H and O–H groups in total. The number of thioether (sulfide) groups is 1. The molecule has 27 heavy (non-hydrogen) atoms. The first kappa shape index (κ1) is 21.4. The number of H-pyrrole nitrogens is 1. The molecule has 0 aliphatic rings. The molecule has 0 bridgehead atoms. The number of carbonyl (C=O) groups excluding carboxylic acids is 1. The lowest BCUT2D eigenvalue weighted by molar-refractivity contribution is -0.120. The Morgan fingerprint density at radius 2 is 1.96 bits per heavy atom. The summed E-state index contributed by atoms with van der Waals surface area (Å²) in [7, 11) is -3.45. The fourth-order valence-electron chi connectivity index (χ4n) is 2.22. The zero-order valence-electron chi connectivity index (χ0n) is 15.5. The molecule has 0 unspecified atom stereocenters. The first-order chi connectivity index (χ1) is 12.9. The molecule has 1 amide bonds. The van der Waals surface area contributed by atoms with E-state index >= 15 is 0 Å². The van der Waals surface area contributed by atoms with Gasteiger partial charge in [-0.3, -0.25) is 9.89 Å². The van der Waals surface area contributed by atoms with E-state index in [1.807, 2.05) is 13.8 Å². The Kier molecular flexibility index (Phi) is 8.26. The lowest BCUT2D eigenvalue weighted by atomic mass is 10.1. The Hall–Kier alpha value is -1.91. The summed E-state index contributed by atoms with van der Waals surface area (Å²) in [5.74, 6) is 1.42. The average molecular weight is 412 g/mol. The van der Waals surface area contributed by atoms with Crippen LogP contribution in [0.1, 0.15) is 31.2 Å². The van der Waals surface area contributed by atoms with Crippen LogP contribution in [0.4, 0.5) is 0 Å². The molecule has 0 spiro atoms. The molecule has 0 atom stereocenters. The van der Waals surface area contributed by atoms with E-state index in [1.54, 1.807) is 24.3 Å². The molecule has 8 nitrogen and oxygen atoms in total. The van der Waals surface area contributed by atoms with E-state index in [-0.39, 0.29) is 10.8 Å². The number of carbonyl (C=O) groups is 1. The standard InChI is InChI=1S/C17H25N5O3S2/c1-3-10-19-27(24,25)15-7-4-14(5-8-15)6-9-16(23)18-11-12-26-17-20-13(2)21-22-17/h4-5,7-8,19H,3,6,9-12H2,1-2H3,(H,18,23)(H,20,21,22). The first-order valence-corrected chi connectivity index (χ1v) is 11.2. The van der Waals surface area contributed by atoms with Crippen LogP contribution in [0.5, 0.6) is 0 Å². The summed E-state index contributed by atoms with van der Waals surface area (Å²) in [6.07, 6.45) is 1.65. The summed E-state index contributed by atoms with van der Waals surface area (Å²) in [6.45, 7) is 4.70. The normalized spacial score (nSPS) is 11.5. The second kappa shape index (κ2) is 10.4. The molecule has 10 heteroatoms. The third-order valence-electron chi connectivity index (χ3n) is 3.65. The van der Waals surface area contributed by atoms with Gasteiger partial charge < -0.3 is 5.32 Å². The highest BCUT2D eigenvalue weighted by atomic mass is 32.2. The van der Waals surface area contributed by atoms with Gasteiger partial charge >= 0.3 is 0 Å². The maximum atomic E-state index is 12.0. The Morgan fingerprint density at radius 3 is 2.59 bits per heavy atom. The van der Waals surface area contributed by atoms with Gasteiger partial charge in [-0.05, 0) is 37.5 Å². The predicted octanol–water partition coefficient (Wildman–Crippen LogP) is 1.64. The maximum Gasteiger partial charge on any atom is 0.240 e. The van der Waals surface area contributed by atoms with Gasteiger partial charge in [0.1, 0.15) is 5.82 Å². The minimum atomic E-state index is -3.45. The summed E-state index contributed by atoms with van der Waals surface area (Å²) in [5.41, 5.74) is 0.921. The molecule has 0 aliphatic heterocycles. The number of nitrogens with one attached hydrogen (secondary N) is 3. The number of rotatable bonds is 11. The molecule has 2 aromatic rings. The van der Waals surface area contributed by atoms with E-state index in [4.69, 9.17) is 0 Å². The van der Waals surface area contributed by atoms with Crippen LogP contribution in [0.3, 0.4) is 0 Å². The molecule has 0 radical (unpaired) electrons. The number of amides is 1. The molecule has 1 aromatic carbocycles. The molecule has 0 saturated carbocycles. The molecule has 1 aromatic heterocycles. The number of benzene rings is 1. The number of aromatic nitrogens is 3. The topological polar surface area (TPSA) is 117 Å². The van der Waals surface area contributed by atoms with Crippen molar-refractivity contribution in [3.63, 3.8) is 0 Å². The molecule has 1 heterocycles. The van der Waals surface area contributed by atoms with Gasteiger partial charge in [0, 0.05) is 25.3 Å². The zero-order chi connectivity index (χ0) is 19.7. The van der Waals surface area contributed by atoms with Crippen molar-refractivity contribution in [1.29, 1.82) is 0 Å². The van der Waals surface area contributed by atoms with E-state index in [0.29, 0.717) is 36.8 Å². The van der Waals surface area contributed by atoms with Gasteiger partial charge in [0.05, 0.1) is 4.90 Å². The molecule has 2 rings (SSSR count). The monoisotopic (exact) mass is 411 g/mol. The van der Waals surface area contributed by atoms with Crippen LogP contribution in [-0.4, -0.2) is 48.3 Å². The second-order valence-electron chi connectivity index (χ2n) is 5.94. The van der Waals surface area contributed by atoms with Crippen LogP contribution in [0.25, 0.3) is 0 Å². The number of nitrogens with zero attached hydrogens (tertiary/aromatic N) is 2. The number of aryl methyl sites for hydroxylation is 2. The molecule has 0 saturated heterocycles. The first-order valence-electron chi connectivity index (χ1n) is 8.78. The van der Waals surface area contributed by atoms with Crippen LogP contribution in [0.2, 0.25) is 0 Å². The highest BCUT2D eigenvalue weighted by Crippen LogP contribution is 2.12. The molecular weight excluding hydrogens is 386 g/mol. The fourth-order valence-corrected chi connectivity index (χ4v) is 4.05. The fraction of sp³-hybridized carbons (Fsp3) is 0.471. The Labute approximate surface area is 164 Å². The Bertz CT molecular complexity index is 835. The van der Waals surface area contributed by atoms with Gasteiger partial charge in [-0.25, -0.2) is 18.1 Å². The summed E-state index contributed by atoms with van der Waals surface area (Å²) in [5, 5.41) is 10.3. The zero-order valence-corrected chi connectivity index (χ0v) is 17.1. The van der Waals surface area contributed by atoms with Gasteiger partial charge in [-0.2, -0.15) is 0 Å². The smallest absolute Gasteiger partial charge is 0.240 e. The summed E-state index contributed by atoms with van der Waals surface area (Å²) in [4.78, 5) is 16.3. The van der Waals surface area contributed by atoms with Gasteiger partial charge in [0.15, 0.2) is 0 Å². The Balaban J connectivity index is 1.70. The molecular formula is C17H25N5O3S2. The molecule has 148 valence electrons. The highest BCUT2D eigenvalue weighted by molar-refractivity contribution is 7.99. The van der Waals surface area contributed by atoms with Crippen molar-refractivity contribution >= 4 is 27.7 Å². The summed E-state index contributed by atoms with van der Waals surface area (Å²) in [6, 6.07) is 6.63. The van der Waals surface area contributed by atoms with Crippen molar-refractivity contribution in [3.8, 4) is 0 Å². The van der Waals surface area contributed by atoms with Crippen LogP contribution < -0.4 is 10.0 Å². The number of sulfonamides is 1. The van der Waals surface area contributed by atoms with Gasteiger partial charge in [0.2, 0.25) is 21.1 Å². The van der Waals surface area contributed by atoms with Crippen molar-refractivity contribution in [2.45, 2.75) is 43.2 Å². The van der Waals surface area contributed by atoms with Gasteiger partial charge in [-0.15, -0.1) is 5.10 Å². The largest absolute Gasteiger partial charge is 0.355 e.